The molecule has 0 spiro atoms. The third kappa shape index (κ3) is 2.96. The Kier molecular flexibility index (Phi) is 3.72. The number of anilines is 2. The third-order valence-corrected chi connectivity index (χ3v) is 3.61. The Morgan fingerprint density at radius 2 is 2.38 bits per heavy atom. The average molecular weight is 325 g/mol. The van der Waals surface area contributed by atoms with E-state index in [1.807, 2.05) is 0 Å². The highest BCUT2D eigenvalue weighted by atomic mass is 35.5. The number of hydrogen-bond donors (Lipinski definition) is 1. The van der Waals surface area contributed by atoms with Gasteiger partial charge in [-0.3, -0.25) is 19.8 Å². The van der Waals surface area contributed by atoms with E-state index >= 15 is 0 Å². The molecule has 108 valence electrons. The van der Waals surface area contributed by atoms with Crippen LogP contribution in [0.25, 0.3) is 0 Å². The first-order valence-corrected chi connectivity index (χ1v) is 7.18. The maximum Gasteiger partial charge on any atom is 0.265 e. The van der Waals surface area contributed by atoms with Crippen LogP contribution in [0.4, 0.5) is 10.8 Å². The molecule has 1 aromatic carbocycles. The molecular formula is C12H9ClN4O3S. The van der Waals surface area contributed by atoms with Gasteiger partial charge in [0.1, 0.15) is 17.8 Å². The number of nitrogens with zero attached hydrogens (tertiary/aromatic N) is 3. The second kappa shape index (κ2) is 5.66. The van der Waals surface area contributed by atoms with Gasteiger partial charge >= 0.3 is 0 Å². The van der Waals surface area contributed by atoms with E-state index in [1.54, 1.807) is 18.2 Å². The van der Waals surface area contributed by atoms with E-state index < -0.39 is 0 Å². The van der Waals surface area contributed by atoms with Crippen molar-refractivity contribution in [3.8, 4) is 5.75 Å². The molecule has 2 aromatic rings. The van der Waals surface area contributed by atoms with Crippen molar-refractivity contribution < 1.29 is 14.3 Å². The lowest BCUT2D eigenvalue weighted by atomic mass is 10.2. The summed E-state index contributed by atoms with van der Waals surface area (Å²) in [5.74, 6) is -0.159. The monoisotopic (exact) mass is 324 g/mol. The van der Waals surface area contributed by atoms with Crippen molar-refractivity contribution >= 4 is 45.6 Å². The zero-order valence-electron chi connectivity index (χ0n) is 10.6. The highest BCUT2D eigenvalue weighted by Crippen LogP contribution is 2.34. The molecular weight excluding hydrogens is 316 g/mol. The minimum absolute atomic E-state index is 0.110. The Morgan fingerprint density at radius 1 is 1.52 bits per heavy atom. The summed E-state index contributed by atoms with van der Waals surface area (Å²) in [5.41, 5.74) is 1.98. The van der Waals surface area contributed by atoms with Gasteiger partial charge in [-0.15, -0.1) is 10.2 Å². The molecule has 1 aliphatic rings. The summed E-state index contributed by atoms with van der Waals surface area (Å²) in [6, 6.07) is 4.92. The summed E-state index contributed by atoms with van der Waals surface area (Å²) in [4.78, 5) is 25.3. The zero-order valence-corrected chi connectivity index (χ0v) is 12.1. The fourth-order valence-corrected chi connectivity index (χ4v) is 2.51. The summed E-state index contributed by atoms with van der Waals surface area (Å²) in [6.45, 7) is -0.254. The van der Waals surface area contributed by atoms with Gasteiger partial charge < -0.3 is 4.74 Å². The van der Waals surface area contributed by atoms with E-state index in [0.29, 0.717) is 21.6 Å². The Balaban J connectivity index is 1.80. The van der Waals surface area contributed by atoms with E-state index in [2.05, 4.69) is 15.5 Å². The summed E-state index contributed by atoms with van der Waals surface area (Å²) >= 11 is 7.13. The van der Waals surface area contributed by atoms with Crippen LogP contribution in [-0.4, -0.2) is 35.2 Å². The molecule has 9 heteroatoms. The lowest BCUT2D eigenvalue weighted by molar-refractivity contribution is -0.123. The van der Waals surface area contributed by atoms with Crippen molar-refractivity contribution in [2.24, 2.45) is 0 Å². The molecule has 0 radical (unpaired) electrons. The second-order valence-electron chi connectivity index (χ2n) is 4.17. The predicted molar refractivity (Wildman–Crippen MR) is 77.8 cm³/mol. The molecule has 7 nitrogen and oxygen atoms in total. The van der Waals surface area contributed by atoms with Crippen molar-refractivity contribution in [3.63, 3.8) is 0 Å². The standard InChI is InChI=1S/C12H9ClN4O3S/c13-7-1-2-9-8(3-7)17(11(19)5-20-9)4-10(18)15-12-16-14-6-21-12/h1-3,6H,4-5H2,(H,15,16,18). The van der Waals surface area contributed by atoms with Gasteiger partial charge in [-0.05, 0) is 18.2 Å². The van der Waals surface area contributed by atoms with Crippen LogP contribution >= 0.6 is 22.9 Å². The predicted octanol–water partition coefficient (Wildman–Crippen LogP) is 1.56. The number of fused-ring (bicyclic) bond motifs is 1. The quantitative estimate of drug-likeness (QED) is 0.926. The molecule has 0 saturated carbocycles. The molecule has 2 amide bonds. The first kappa shape index (κ1) is 13.8. The number of nitrogens with one attached hydrogen (secondary N) is 1. The lowest BCUT2D eigenvalue weighted by Crippen LogP contribution is -2.43. The van der Waals surface area contributed by atoms with Gasteiger partial charge in [-0.2, -0.15) is 0 Å². The van der Waals surface area contributed by atoms with Crippen LogP contribution in [-0.2, 0) is 9.59 Å². The average Bonchev–Trinajstić information content (AvgIpc) is 2.95. The Bertz CT molecular complexity index is 692. The van der Waals surface area contributed by atoms with Crippen LogP contribution in [0.1, 0.15) is 0 Å². The first-order valence-electron chi connectivity index (χ1n) is 5.92. The number of halogens is 1. The molecule has 0 saturated heterocycles. The van der Waals surface area contributed by atoms with E-state index in [4.69, 9.17) is 16.3 Å². The fraction of sp³-hybridized carbons (Fsp3) is 0.167. The van der Waals surface area contributed by atoms with Crippen LogP contribution in [0.5, 0.6) is 5.75 Å². The van der Waals surface area contributed by atoms with E-state index in [1.165, 1.54) is 21.7 Å². The van der Waals surface area contributed by atoms with Crippen molar-refractivity contribution in [3.05, 3.63) is 28.7 Å². The SMILES string of the molecule is O=C(CN1C(=O)COc2ccc(Cl)cc21)Nc1nncs1. The summed E-state index contributed by atoms with van der Waals surface area (Å²) in [7, 11) is 0. The molecule has 0 aliphatic carbocycles. The van der Waals surface area contributed by atoms with Gasteiger partial charge in [0, 0.05) is 5.02 Å². The highest BCUT2D eigenvalue weighted by molar-refractivity contribution is 7.13. The zero-order chi connectivity index (χ0) is 14.8. The fourth-order valence-electron chi connectivity index (χ4n) is 1.88. The maximum absolute atomic E-state index is 12.0. The molecule has 0 atom stereocenters. The van der Waals surface area contributed by atoms with Crippen molar-refractivity contribution in [2.75, 3.05) is 23.4 Å². The minimum atomic E-state index is -0.368. The number of benzene rings is 1. The first-order chi connectivity index (χ1) is 10.1. The molecule has 2 heterocycles. The summed E-state index contributed by atoms with van der Waals surface area (Å²) in [5, 5.41) is 10.7. The number of hydrogen-bond acceptors (Lipinski definition) is 6. The molecule has 21 heavy (non-hydrogen) atoms. The lowest BCUT2D eigenvalue weighted by Gasteiger charge is -2.28. The Morgan fingerprint density at radius 3 is 3.14 bits per heavy atom. The van der Waals surface area contributed by atoms with Gasteiger partial charge in [0.15, 0.2) is 6.61 Å². The third-order valence-electron chi connectivity index (χ3n) is 2.77. The van der Waals surface area contributed by atoms with E-state index in [9.17, 15) is 9.59 Å². The van der Waals surface area contributed by atoms with E-state index in [-0.39, 0.29) is 25.0 Å². The smallest absolute Gasteiger partial charge is 0.265 e. The van der Waals surface area contributed by atoms with Gasteiger partial charge in [0.25, 0.3) is 5.91 Å². The summed E-state index contributed by atoms with van der Waals surface area (Å²) < 4.78 is 5.31. The van der Waals surface area contributed by atoms with Gasteiger partial charge in [-0.1, -0.05) is 22.9 Å². The molecule has 0 unspecified atom stereocenters. The largest absolute Gasteiger partial charge is 0.482 e. The van der Waals surface area contributed by atoms with Gasteiger partial charge in [0.2, 0.25) is 11.0 Å². The normalized spacial score (nSPS) is 13.6. The maximum atomic E-state index is 12.0. The molecule has 1 aromatic heterocycles. The number of amides is 2. The Hall–Kier alpha value is -2.19. The number of carbonyl (C=O) groups is 2. The van der Waals surface area contributed by atoms with Gasteiger partial charge in [0.05, 0.1) is 5.69 Å². The van der Waals surface area contributed by atoms with Crippen molar-refractivity contribution in [2.45, 2.75) is 0 Å². The number of aromatic nitrogens is 2. The van der Waals surface area contributed by atoms with Crippen LogP contribution in [0.3, 0.4) is 0 Å². The number of carbonyl (C=O) groups excluding carboxylic acids is 2. The number of rotatable bonds is 3. The topological polar surface area (TPSA) is 84.4 Å². The molecule has 0 bridgehead atoms. The summed E-state index contributed by atoms with van der Waals surface area (Å²) in [6.07, 6.45) is 0. The Labute approximate surface area is 128 Å². The van der Waals surface area contributed by atoms with Crippen LogP contribution in [0.15, 0.2) is 23.7 Å². The van der Waals surface area contributed by atoms with Crippen LogP contribution in [0, 0.1) is 0 Å². The van der Waals surface area contributed by atoms with Crippen molar-refractivity contribution in [1.82, 2.24) is 10.2 Å². The van der Waals surface area contributed by atoms with E-state index in [0.717, 1.165) is 0 Å². The highest BCUT2D eigenvalue weighted by Gasteiger charge is 2.27. The number of ether oxygens (including phenoxy) is 1. The molecule has 0 fully saturated rings. The van der Waals surface area contributed by atoms with Crippen molar-refractivity contribution in [1.29, 1.82) is 0 Å². The van der Waals surface area contributed by atoms with Gasteiger partial charge in [-0.25, -0.2) is 0 Å². The van der Waals surface area contributed by atoms with Crippen LogP contribution < -0.4 is 15.0 Å². The molecule has 3 rings (SSSR count). The molecule has 1 N–H and O–H groups in total. The minimum Gasteiger partial charge on any atom is -0.482 e. The molecule has 1 aliphatic heterocycles. The second-order valence-corrected chi connectivity index (χ2v) is 5.44. The van der Waals surface area contributed by atoms with Crippen LogP contribution in [0.2, 0.25) is 5.02 Å².